The first-order valence-corrected chi connectivity index (χ1v) is 11.6. The van der Waals surface area contributed by atoms with Crippen molar-refractivity contribution in [3.63, 3.8) is 0 Å². The third-order valence-electron chi connectivity index (χ3n) is 5.72. The van der Waals surface area contributed by atoms with E-state index in [-0.39, 0.29) is 11.8 Å². The minimum atomic E-state index is -1.07. The molecule has 2 aliphatic heterocycles. The van der Waals surface area contributed by atoms with Crippen LogP contribution in [0.1, 0.15) is 21.5 Å². The van der Waals surface area contributed by atoms with Crippen LogP contribution in [-0.2, 0) is 16.2 Å². The smallest absolute Gasteiger partial charge is 0.268 e. The van der Waals surface area contributed by atoms with Crippen molar-refractivity contribution in [1.29, 1.82) is 0 Å². The third-order valence-corrected chi connectivity index (χ3v) is 7.76. The van der Waals surface area contributed by atoms with Gasteiger partial charge >= 0.3 is 0 Å². The van der Waals surface area contributed by atoms with Gasteiger partial charge in [0.1, 0.15) is 0 Å². The first kappa shape index (κ1) is 20.4. The molecule has 0 bridgehead atoms. The highest BCUT2D eigenvalue weighted by Crippen LogP contribution is 2.54. The Hall–Kier alpha value is -2.47. The van der Waals surface area contributed by atoms with Gasteiger partial charge in [-0.05, 0) is 42.0 Å². The number of anilines is 1. The number of para-hydroxylation sites is 1. The lowest BCUT2D eigenvalue weighted by atomic mass is 10.0. The van der Waals surface area contributed by atoms with Gasteiger partial charge in [0.2, 0.25) is 0 Å². The van der Waals surface area contributed by atoms with E-state index in [0.717, 1.165) is 16.8 Å². The van der Waals surface area contributed by atoms with E-state index in [9.17, 15) is 9.59 Å². The van der Waals surface area contributed by atoms with Crippen molar-refractivity contribution in [3.05, 3.63) is 99.5 Å². The highest BCUT2D eigenvalue weighted by Gasteiger charge is 2.59. The summed E-state index contributed by atoms with van der Waals surface area (Å²) in [6, 6.07) is 22.0. The molecule has 5 rings (SSSR count). The lowest BCUT2D eigenvalue weighted by Gasteiger charge is -2.33. The van der Waals surface area contributed by atoms with Gasteiger partial charge in [0.05, 0.1) is 12.2 Å². The van der Waals surface area contributed by atoms with Crippen molar-refractivity contribution in [3.8, 4) is 0 Å². The average Bonchev–Trinajstić information content (AvgIpc) is 3.32. The van der Waals surface area contributed by atoms with Crippen LogP contribution in [0.4, 0.5) is 5.69 Å². The minimum absolute atomic E-state index is 0.113. The van der Waals surface area contributed by atoms with Gasteiger partial charge in [-0.25, -0.2) is 0 Å². The van der Waals surface area contributed by atoms with Crippen LogP contribution in [0, 0.1) is 0 Å². The second-order valence-corrected chi connectivity index (χ2v) is 9.59. The van der Waals surface area contributed by atoms with Gasteiger partial charge in [0.25, 0.3) is 11.8 Å². The lowest BCUT2D eigenvalue weighted by molar-refractivity contribution is -0.123. The van der Waals surface area contributed by atoms with Crippen LogP contribution in [-0.4, -0.2) is 29.0 Å². The van der Waals surface area contributed by atoms with Crippen molar-refractivity contribution < 1.29 is 9.59 Å². The Morgan fingerprint density at radius 2 is 1.68 bits per heavy atom. The summed E-state index contributed by atoms with van der Waals surface area (Å²) in [6.45, 7) is 0.840. The molecule has 0 unspecified atom stereocenters. The normalized spacial score (nSPS) is 19.9. The summed E-state index contributed by atoms with van der Waals surface area (Å²) in [7, 11) is 0. The maximum atomic E-state index is 13.9. The number of hydrogen-bond donors (Lipinski definition) is 0. The molecule has 2 amide bonds. The summed E-state index contributed by atoms with van der Waals surface area (Å²) >= 11 is 13.9. The monoisotopic (exact) mass is 468 g/mol. The van der Waals surface area contributed by atoms with Crippen LogP contribution in [0.25, 0.3) is 0 Å². The second kappa shape index (κ2) is 7.90. The van der Waals surface area contributed by atoms with Gasteiger partial charge in [-0.15, -0.1) is 11.8 Å². The van der Waals surface area contributed by atoms with E-state index >= 15 is 0 Å². The molecule has 3 aromatic rings. The summed E-state index contributed by atoms with van der Waals surface area (Å²) in [4.78, 5) is 29.8. The summed E-state index contributed by atoms with van der Waals surface area (Å²) in [5.41, 5.74) is 3.04. The van der Waals surface area contributed by atoms with E-state index in [4.69, 9.17) is 23.2 Å². The fourth-order valence-corrected chi connectivity index (χ4v) is 6.05. The predicted octanol–water partition coefficient (Wildman–Crippen LogP) is 5.58. The van der Waals surface area contributed by atoms with E-state index in [1.807, 2.05) is 48.5 Å². The Bertz CT molecular complexity index is 1180. The van der Waals surface area contributed by atoms with Gasteiger partial charge in [0.15, 0.2) is 4.87 Å². The van der Waals surface area contributed by atoms with Crippen molar-refractivity contribution in [2.45, 2.75) is 11.4 Å². The number of fused-ring (bicyclic) bond motifs is 2. The van der Waals surface area contributed by atoms with E-state index in [1.54, 1.807) is 34.1 Å². The van der Waals surface area contributed by atoms with Gasteiger partial charge in [-0.2, -0.15) is 0 Å². The molecule has 156 valence electrons. The molecule has 0 saturated carbocycles. The van der Waals surface area contributed by atoms with Crippen LogP contribution in [0.5, 0.6) is 0 Å². The van der Waals surface area contributed by atoms with Crippen molar-refractivity contribution in [1.82, 2.24) is 4.90 Å². The van der Waals surface area contributed by atoms with E-state index in [0.29, 0.717) is 34.5 Å². The lowest BCUT2D eigenvalue weighted by Crippen LogP contribution is -2.50. The van der Waals surface area contributed by atoms with Crippen LogP contribution < -0.4 is 4.90 Å². The molecule has 0 aliphatic carbocycles. The standard InChI is InChI=1S/C24H18Cl2N2O2S/c25-18-11-9-16(10-12-18)22(29)28-13-14-31-24(28)19-6-2-4-8-21(19)27(23(24)30)15-17-5-1-3-7-20(17)26/h1-12H,13-15H2/t24-/m0/s1. The Morgan fingerprint density at radius 1 is 0.968 bits per heavy atom. The maximum absolute atomic E-state index is 13.9. The van der Waals surface area contributed by atoms with Gasteiger partial charge in [0, 0.05) is 33.5 Å². The van der Waals surface area contributed by atoms with Crippen LogP contribution in [0.3, 0.4) is 0 Å². The van der Waals surface area contributed by atoms with Crippen molar-refractivity contribution >= 4 is 52.5 Å². The number of rotatable bonds is 3. The highest BCUT2D eigenvalue weighted by atomic mass is 35.5. The SMILES string of the molecule is O=C(c1ccc(Cl)cc1)N1CCS[C@@]12C(=O)N(Cc1ccccc1Cl)c1ccccc12. The summed E-state index contributed by atoms with van der Waals surface area (Å²) in [6.07, 6.45) is 0. The molecule has 1 atom stereocenters. The molecule has 7 heteroatoms. The van der Waals surface area contributed by atoms with Crippen molar-refractivity contribution in [2.75, 3.05) is 17.2 Å². The molecule has 0 N–H and O–H groups in total. The molecule has 1 fully saturated rings. The Kier molecular flexibility index (Phi) is 5.21. The number of carbonyl (C=O) groups is 2. The number of benzene rings is 3. The first-order valence-electron chi connectivity index (χ1n) is 9.89. The quantitative estimate of drug-likeness (QED) is 0.503. The minimum Gasteiger partial charge on any atom is -0.311 e. The van der Waals surface area contributed by atoms with E-state index < -0.39 is 4.87 Å². The van der Waals surface area contributed by atoms with Crippen LogP contribution in [0.2, 0.25) is 10.0 Å². The third kappa shape index (κ3) is 3.23. The van der Waals surface area contributed by atoms with Crippen LogP contribution >= 0.6 is 35.0 Å². The Morgan fingerprint density at radius 3 is 2.45 bits per heavy atom. The summed E-state index contributed by atoms with van der Waals surface area (Å²) < 4.78 is 0. The average molecular weight is 469 g/mol. The topological polar surface area (TPSA) is 40.6 Å². The molecule has 1 spiro atoms. The number of thioether (sulfide) groups is 1. The number of carbonyl (C=O) groups excluding carboxylic acids is 2. The molecular weight excluding hydrogens is 451 g/mol. The van der Waals surface area contributed by atoms with Gasteiger partial charge in [-0.1, -0.05) is 59.6 Å². The maximum Gasteiger partial charge on any atom is 0.268 e. The molecular formula is C24H18Cl2N2O2S. The summed E-state index contributed by atoms with van der Waals surface area (Å²) in [5, 5.41) is 1.18. The molecule has 3 aromatic carbocycles. The largest absolute Gasteiger partial charge is 0.311 e. The van der Waals surface area contributed by atoms with Crippen molar-refractivity contribution in [2.24, 2.45) is 0 Å². The zero-order valence-electron chi connectivity index (χ0n) is 16.4. The van der Waals surface area contributed by atoms with Crippen LogP contribution in [0.15, 0.2) is 72.8 Å². The molecule has 31 heavy (non-hydrogen) atoms. The molecule has 2 heterocycles. The Labute approximate surface area is 194 Å². The highest BCUT2D eigenvalue weighted by molar-refractivity contribution is 8.01. The predicted molar refractivity (Wildman–Crippen MR) is 126 cm³/mol. The van der Waals surface area contributed by atoms with Gasteiger partial charge < -0.3 is 9.80 Å². The molecule has 2 aliphatic rings. The fourth-order valence-electron chi connectivity index (χ4n) is 4.27. The number of hydrogen-bond acceptors (Lipinski definition) is 3. The molecule has 4 nitrogen and oxygen atoms in total. The first-order chi connectivity index (χ1) is 15.0. The van der Waals surface area contributed by atoms with Gasteiger partial charge in [-0.3, -0.25) is 9.59 Å². The van der Waals surface area contributed by atoms with E-state index in [1.165, 1.54) is 11.8 Å². The Balaban J connectivity index is 1.58. The zero-order valence-corrected chi connectivity index (χ0v) is 18.8. The molecule has 1 saturated heterocycles. The molecule has 0 radical (unpaired) electrons. The van der Waals surface area contributed by atoms with E-state index in [2.05, 4.69) is 0 Å². The number of halogens is 2. The molecule has 0 aromatic heterocycles. The second-order valence-electron chi connectivity index (χ2n) is 7.46. The number of nitrogens with zero attached hydrogens (tertiary/aromatic N) is 2. The summed E-state index contributed by atoms with van der Waals surface area (Å²) in [5.74, 6) is 0.391. The fraction of sp³-hybridized carbons (Fsp3) is 0.167. The zero-order chi connectivity index (χ0) is 21.6. The number of amides is 2.